The average molecular weight is 126 g/mol. The molecule has 0 atom stereocenters. The zero-order valence-electron chi connectivity index (χ0n) is 3.00. The molecular weight excluding hydrogens is 120 g/mol. The molecule has 0 heterocycles. The molecule has 2 N–H and O–H groups in total. The summed E-state index contributed by atoms with van der Waals surface area (Å²) in [4.78, 5) is 0. The third-order valence-electron chi connectivity index (χ3n) is 0.212. The van der Waals surface area contributed by atoms with Crippen LogP contribution in [-0.2, 0) is 0 Å². The van der Waals surface area contributed by atoms with Gasteiger partial charge in [0.15, 0.2) is 4.27 Å². The molecule has 0 saturated carbocycles. The van der Waals surface area contributed by atoms with E-state index in [0.29, 0.717) is 0 Å². The summed E-state index contributed by atoms with van der Waals surface area (Å²) in [6.07, 6.45) is 0. The quantitative estimate of drug-likeness (QED) is 0.282. The fraction of sp³-hybridized carbons (Fsp3) is 1.00. The summed E-state index contributed by atoms with van der Waals surface area (Å²) in [6.45, 7) is -0.445. The van der Waals surface area contributed by atoms with Gasteiger partial charge in [0.1, 0.15) is 0 Å². The maximum Gasteiger partial charge on any atom is 0.175 e. The van der Waals surface area contributed by atoms with Crippen LogP contribution in [0.1, 0.15) is 0 Å². The standard InChI is InChI=1S/C2H6O2S2/c3-1-2(4,5)6/h3-6H,1H2. The maximum absolute atomic E-state index is 8.30. The molecule has 0 bridgehead atoms. The van der Waals surface area contributed by atoms with Gasteiger partial charge in [-0.05, 0) is 0 Å². The molecule has 0 aliphatic carbocycles. The van der Waals surface area contributed by atoms with Gasteiger partial charge < -0.3 is 10.2 Å². The van der Waals surface area contributed by atoms with Crippen LogP contribution in [0.15, 0.2) is 0 Å². The molecule has 4 heteroatoms. The summed E-state index contributed by atoms with van der Waals surface area (Å²) in [5.74, 6) is 0. The van der Waals surface area contributed by atoms with E-state index in [1.807, 2.05) is 0 Å². The third kappa shape index (κ3) is 4.62. The predicted molar refractivity (Wildman–Crippen MR) is 30.0 cm³/mol. The number of thiol groups is 2. The van der Waals surface area contributed by atoms with Crippen molar-refractivity contribution in [1.82, 2.24) is 0 Å². The summed E-state index contributed by atoms with van der Waals surface area (Å²) < 4.78 is -1.51. The third-order valence-corrected chi connectivity index (χ3v) is 0.495. The molecule has 38 valence electrons. The molecule has 0 rings (SSSR count). The first-order valence-corrected chi connectivity index (χ1v) is 2.24. The molecule has 0 fully saturated rings. The lowest BCUT2D eigenvalue weighted by Gasteiger charge is -2.07. The van der Waals surface area contributed by atoms with E-state index in [1.165, 1.54) is 0 Å². The van der Waals surface area contributed by atoms with Crippen LogP contribution in [0.25, 0.3) is 0 Å². The Kier molecular flexibility index (Phi) is 2.28. The minimum absolute atomic E-state index is 0.445. The molecule has 0 unspecified atom stereocenters. The summed E-state index contributed by atoms with van der Waals surface area (Å²) in [7, 11) is 0. The SMILES string of the molecule is OCC(O)(S)S. The summed E-state index contributed by atoms with van der Waals surface area (Å²) in [6, 6.07) is 0. The normalized spacial score (nSPS) is 12.0. The lowest BCUT2D eigenvalue weighted by atomic mass is 10.8. The molecule has 0 aliphatic rings. The van der Waals surface area contributed by atoms with E-state index < -0.39 is 10.9 Å². The number of rotatable bonds is 1. The van der Waals surface area contributed by atoms with Crippen molar-refractivity contribution in [2.75, 3.05) is 6.61 Å². The van der Waals surface area contributed by atoms with E-state index in [2.05, 4.69) is 25.3 Å². The monoisotopic (exact) mass is 126 g/mol. The highest BCUT2D eigenvalue weighted by Crippen LogP contribution is 2.11. The number of hydrogen-bond donors (Lipinski definition) is 4. The molecule has 0 saturated heterocycles. The molecule has 2 nitrogen and oxygen atoms in total. The Hall–Kier alpha value is 0.620. The van der Waals surface area contributed by atoms with Gasteiger partial charge in [-0.25, -0.2) is 0 Å². The van der Waals surface area contributed by atoms with E-state index >= 15 is 0 Å². The Bertz CT molecular complexity index is 39.3. The van der Waals surface area contributed by atoms with Gasteiger partial charge in [0.25, 0.3) is 0 Å². The van der Waals surface area contributed by atoms with Crippen LogP contribution >= 0.6 is 25.3 Å². The largest absolute Gasteiger partial charge is 0.392 e. The Morgan fingerprint density at radius 3 is 1.67 bits per heavy atom. The van der Waals surface area contributed by atoms with Gasteiger partial charge in [-0.3, -0.25) is 0 Å². The van der Waals surface area contributed by atoms with E-state index in [4.69, 9.17) is 10.2 Å². The molecule has 0 aromatic carbocycles. The van der Waals surface area contributed by atoms with Gasteiger partial charge in [0.2, 0.25) is 0 Å². The second-order valence-corrected chi connectivity index (χ2v) is 2.76. The van der Waals surface area contributed by atoms with E-state index in [9.17, 15) is 0 Å². The first-order valence-electron chi connectivity index (χ1n) is 1.34. The Balaban J connectivity index is 3.17. The minimum Gasteiger partial charge on any atom is -0.392 e. The van der Waals surface area contributed by atoms with Crippen molar-refractivity contribution >= 4 is 25.3 Å². The van der Waals surface area contributed by atoms with Crippen LogP contribution < -0.4 is 0 Å². The number of aliphatic hydroxyl groups excluding tert-OH is 1. The van der Waals surface area contributed by atoms with Crippen LogP contribution in [0, 0.1) is 0 Å². The molecule has 0 radical (unpaired) electrons. The summed E-state index contributed by atoms with van der Waals surface area (Å²) in [5, 5.41) is 16.3. The first-order chi connectivity index (χ1) is 2.56. The van der Waals surface area contributed by atoms with E-state index in [0.717, 1.165) is 0 Å². The average Bonchev–Trinajstić information content (AvgIpc) is 1.35. The lowest BCUT2D eigenvalue weighted by Crippen LogP contribution is -2.16. The van der Waals surface area contributed by atoms with Crippen LogP contribution in [0.2, 0.25) is 0 Å². The van der Waals surface area contributed by atoms with Crippen LogP contribution in [0.3, 0.4) is 0 Å². The van der Waals surface area contributed by atoms with Gasteiger partial charge >= 0.3 is 0 Å². The van der Waals surface area contributed by atoms with Gasteiger partial charge in [-0.15, -0.1) is 25.3 Å². The predicted octanol–water partition coefficient (Wildman–Crippen LogP) is -0.516. The highest BCUT2D eigenvalue weighted by molar-refractivity contribution is 8.00. The topological polar surface area (TPSA) is 40.5 Å². The fourth-order valence-electron chi connectivity index (χ4n) is 0. The number of hydrogen-bond acceptors (Lipinski definition) is 4. The second-order valence-electron chi connectivity index (χ2n) is 0.932. The lowest BCUT2D eigenvalue weighted by molar-refractivity contribution is 0.139. The molecule has 0 aliphatic heterocycles. The molecule has 6 heavy (non-hydrogen) atoms. The Labute approximate surface area is 47.0 Å². The van der Waals surface area contributed by atoms with Gasteiger partial charge in [-0.1, -0.05) is 0 Å². The van der Waals surface area contributed by atoms with Crippen molar-refractivity contribution in [1.29, 1.82) is 0 Å². The molecule has 0 aromatic rings. The Morgan fingerprint density at radius 1 is 1.50 bits per heavy atom. The van der Waals surface area contributed by atoms with E-state index in [1.54, 1.807) is 0 Å². The zero-order valence-corrected chi connectivity index (χ0v) is 4.78. The molecule has 0 spiro atoms. The van der Waals surface area contributed by atoms with Crippen molar-refractivity contribution in [3.8, 4) is 0 Å². The van der Waals surface area contributed by atoms with Crippen LogP contribution in [0.5, 0.6) is 0 Å². The smallest absolute Gasteiger partial charge is 0.175 e. The minimum atomic E-state index is -1.51. The van der Waals surface area contributed by atoms with Crippen molar-refractivity contribution in [3.63, 3.8) is 0 Å². The van der Waals surface area contributed by atoms with E-state index in [-0.39, 0.29) is 0 Å². The van der Waals surface area contributed by atoms with Crippen molar-refractivity contribution in [3.05, 3.63) is 0 Å². The van der Waals surface area contributed by atoms with Crippen molar-refractivity contribution in [2.24, 2.45) is 0 Å². The van der Waals surface area contributed by atoms with Crippen molar-refractivity contribution < 1.29 is 10.2 Å². The first kappa shape index (κ1) is 6.62. The number of aliphatic hydroxyl groups is 2. The van der Waals surface area contributed by atoms with Gasteiger partial charge in [0.05, 0.1) is 6.61 Å². The second kappa shape index (κ2) is 2.07. The van der Waals surface area contributed by atoms with Gasteiger partial charge in [0, 0.05) is 0 Å². The summed E-state index contributed by atoms with van der Waals surface area (Å²) in [5.41, 5.74) is 0. The highest BCUT2D eigenvalue weighted by Gasteiger charge is 2.10. The van der Waals surface area contributed by atoms with Crippen LogP contribution in [0.4, 0.5) is 0 Å². The summed E-state index contributed by atoms with van der Waals surface area (Å²) >= 11 is 6.85. The molecule has 0 aromatic heterocycles. The molecule has 0 amide bonds. The maximum atomic E-state index is 8.30. The fourth-order valence-corrected chi connectivity index (χ4v) is 0. The van der Waals surface area contributed by atoms with Gasteiger partial charge in [-0.2, -0.15) is 0 Å². The molecular formula is C2H6O2S2. The van der Waals surface area contributed by atoms with Crippen molar-refractivity contribution in [2.45, 2.75) is 4.27 Å². The Morgan fingerprint density at radius 2 is 1.67 bits per heavy atom. The zero-order chi connectivity index (χ0) is 5.21. The van der Waals surface area contributed by atoms with Crippen LogP contribution in [-0.4, -0.2) is 21.1 Å². The highest BCUT2D eigenvalue weighted by atomic mass is 32.2.